The third-order valence-corrected chi connectivity index (χ3v) is 2.50. The van der Waals surface area contributed by atoms with Gasteiger partial charge in [0, 0.05) is 0 Å². The quantitative estimate of drug-likeness (QED) is 0.414. The Balaban J connectivity index is 2.40. The number of unbranched alkanes of at least 4 members (excludes halogenated alkanes) is 3. The van der Waals surface area contributed by atoms with Crippen LogP contribution in [0.5, 0.6) is 0 Å². The van der Waals surface area contributed by atoms with E-state index < -0.39 is 0 Å². The van der Waals surface area contributed by atoms with Crippen LogP contribution in [0, 0.1) is 0 Å². The first-order chi connectivity index (χ1) is 8.24. The van der Waals surface area contributed by atoms with Crippen LogP contribution in [0.2, 0.25) is 0 Å². The summed E-state index contributed by atoms with van der Waals surface area (Å²) in [6, 6.07) is 9.05. The lowest BCUT2D eigenvalue weighted by Crippen LogP contribution is -2.03. The zero-order valence-corrected chi connectivity index (χ0v) is 10.6. The molecule has 0 radical (unpaired) electrons. The Labute approximate surface area is 103 Å². The normalized spacial score (nSPS) is 11.3. The Morgan fingerprint density at radius 1 is 1.24 bits per heavy atom. The topological polar surface area (TPSA) is 26.3 Å². The van der Waals surface area contributed by atoms with Crippen molar-refractivity contribution in [3.05, 3.63) is 47.7 Å². The van der Waals surface area contributed by atoms with Crippen molar-refractivity contribution in [3.63, 3.8) is 0 Å². The van der Waals surface area contributed by atoms with Crippen molar-refractivity contribution < 1.29 is 9.53 Å². The molecule has 0 atom stereocenters. The van der Waals surface area contributed by atoms with Gasteiger partial charge in [-0.15, -0.1) is 0 Å². The number of allylic oxidation sites excluding steroid dienone is 2. The Kier molecular flexibility index (Phi) is 6.08. The number of rotatable bonds is 6. The fourth-order valence-electron chi connectivity index (χ4n) is 1.52. The maximum atomic E-state index is 11.7. The van der Waals surface area contributed by atoms with Crippen LogP contribution in [0.25, 0.3) is 0 Å². The van der Waals surface area contributed by atoms with E-state index in [2.05, 4.69) is 6.92 Å². The molecule has 0 spiro atoms. The molecule has 0 bridgehead atoms. The molecule has 0 saturated carbocycles. The molecular formula is C15H20O2. The van der Waals surface area contributed by atoms with E-state index in [4.69, 9.17) is 4.74 Å². The van der Waals surface area contributed by atoms with Crippen molar-refractivity contribution in [1.29, 1.82) is 0 Å². The van der Waals surface area contributed by atoms with Gasteiger partial charge in [0.1, 0.15) is 5.76 Å². The molecule has 0 heterocycles. The number of hydrogen-bond acceptors (Lipinski definition) is 2. The second-order valence-corrected chi connectivity index (χ2v) is 4.07. The van der Waals surface area contributed by atoms with E-state index in [-0.39, 0.29) is 5.97 Å². The fourth-order valence-corrected chi connectivity index (χ4v) is 1.52. The lowest BCUT2D eigenvalue weighted by Gasteiger charge is -2.04. The highest BCUT2D eigenvalue weighted by atomic mass is 16.5. The lowest BCUT2D eigenvalue weighted by molar-refractivity contribution is 0.0625. The minimum atomic E-state index is -0.283. The van der Waals surface area contributed by atoms with Crippen molar-refractivity contribution in [2.24, 2.45) is 0 Å². The van der Waals surface area contributed by atoms with Gasteiger partial charge in [0.25, 0.3) is 0 Å². The molecule has 0 amide bonds. The van der Waals surface area contributed by atoms with E-state index in [1.54, 1.807) is 12.1 Å². The Morgan fingerprint density at radius 3 is 2.59 bits per heavy atom. The van der Waals surface area contributed by atoms with Crippen LogP contribution in [-0.4, -0.2) is 5.97 Å². The van der Waals surface area contributed by atoms with Gasteiger partial charge in [-0.25, -0.2) is 4.79 Å². The summed E-state index contributed by atoms with van der Waals surface area (Å²) >= 11 is 0. The summed E-state index contributed by atoms with van der Waals surface area (Å²) in [5.41, 5.74) is 0.591. The van der Waals surface area contributed by atoms with Crippen molar-refractivity contribution in [1.82, 2.24) is 0 Å². The van der Waals surface area contributed by atoms with Gasteiger partial charge < -0.3 is 4.74 Å². The number of carbonyl (C=O) groups is 1. The smallest absolute Gasteiger partial charge is 0.343 e. The van der Waals surface area contributed by atoms with Gasteiger partial charge >= 0.3 is 5.97 Å². The van der Waals surface area contributed by atoms with Crippen LogP contribution in [-0.2, 0) is 4.74 Å². The van der Waals surface area contributed by atoms with Crippen molar-refractivity contribution in [3.8, 4) is 0 Å². The molecule has 0 saturated heterocycles. The molecule has 2 nitrogen and oxygen atoms in total. The Hall–Kier alpha value is -1.57. The average Bonchev–Trinajstić information content (AvgIpc) is 2.36. The van der Waals surface area contributed by atoms with Crippen LogP contribution in [0.15, 0.2) is 42.2 Å². The molecule has 17 heavy (non-hydrogen) atoms. The third kappa shape index (κ3) is 5.34. The predicted octanol–water partition coefficient (Wildman–Crippen LogP) is 4.33. The molecule has 2 heteroatoms. The molecule has 0 aromatic heterocycles. The molecule has 1 rings (SSSR count). The first kappa shape index (κ1) is 13.5. The van der Waals surface area contributed by atoms with Crippen molar-refractivity contribution >= 4 is 5.97 Å². The molecule has 0 aliphatic heterocycles. The molecule has 0 aliphatic rings. The first-order valence-electron chi connectivity index (χ1n) is 6.18. The standard InChI is InChI=1S/C15H20O2/c1-3-4-5-7-10-13(2)17-15(16)14-11-8-6-9-12-14/h6,8-12H,3-5,7H2,1-2H3. The van der Waals surface area contributed by atoms with Crippen LogP contribution in [0.4, 0.5) is 0 Å². The molecule has 0 unspecified atom stereocenters. The Bertz CT molecular complexity index is 366. The summed E-state index contributed by atoms with van der Waals surface area (Å²) in [4.78, 5) is 11.7. The summed E-state index contributed by atoms with van der Waals surface area (Å²) < 4.78 is 5.24. The third-order valence-electron chi connectivity index (χ3n) is 2.50. The van der Waals surface area contributed by atoms with Gasteiger partial charge in [0.05, 0.1) is 5.56 Å². The highest BCUT2D eigenvalue weighted by Crippen LogP contribution is 2.08. The Morgan fingerprint density at radius 2 is 1.94 bits per heavy atom. The monoisotopic (exact) mass is 232 g/mol. The molecule has 1 aromatic carbocycles. The molecule has 0 N–H and O–H groups in total. The molecule has 1 aromatic rings. The van der Waals surface area contributed by atoms with E-state index in [9.17, 15) is 4.79 Å². The minimum Gasteiger partial charge on any atom is -0.428 e. The SMILES string of the molecule is CCCCCC=C(C)OC(=O)c1ccccc1. The summed E-state index contributed by atoms with van der Waals surface area (Å²) in [6.07, 6.45) is 6.53. The lowest BCUT2D eigenvalue weighted by atomic mass is 10.2. The van der Waals surface area contributed by atoms with Gasteiger partial charge in [-0.3, -0.25) is 0 Å². The largest absolute Gasteiger partial charge is 0.428 e. The number of hydrogen-bond donors (Lipinski definition) is 0. The van der Waals surface area contributed by atoms with E-state index in [0.717, 1.165) is 12.8 Å². The van der Waals surface area contributed by atoms with E-state index in [1.165, 1.54) is 12.8 Å². The second-order valence-electron chi connectivity index (χ2n) is 4.07. The zero-order chi connectivity index (χ0) is 12.5. The van der Waals surface area contributed by atoms with Gasteiger partial charge in [-0.2, -0.15) is 0 Å². The van der Waals surface area contributed by atoms with Gasteiger partial charge in [0.15, 0.2) is 0 Å². The van der Waals surface area contributed by atoms with E-state index >= 15 is 0 Å². The van der Waals surface area contributed by atoms with Crippen LogP contribution >= 0.6 is 0 Å². The molecule has 0 fully saturated rings. The number of esters is 1. The number of ether oxygens (including phenoxy) is 1. The predicted molar refractivity (Wildman–Crippen MR) is 69.8 cm³/mol. The summed E-state index contributed by atoms with van der Waals surface area (Å²) in [5.74, 6) is 0.407. The fraction of sp³-hybridized carbons (Fsp3) is 0.400. The van der Waals surface area contributed by atoms with Crippen molar-refractivity contribution in [2.45, 2.75) is 39.5 Å². The highest BCUT2D eigenvalue weighted by molar-refractivity contribution is 5.89. The van der Waals surface area contributed by atoms with Gasteiger partial charge in [0.2, 0.25) is 0 Å². The van der Waals surface area contributed by atoms with Crippen molar-refractivity contribution in [2.75, 3.05) is 0 Å². The summed E-state index contributed by atoms with van der Waals surface area (Å²) in [7, 11) is 0. The molecular weight excluding hydrogens is 212 g/mol. The van der Waals surface area contributed by atoms with Crippen LogP contribution in [0.3, 0.4) is 0 Å². The average molecular weight is 232 g/mol. The maximum Gasteiger partial charge on any atom is 0.343 e. The number of carbonyl (C=O) groups excluding carboxylic acids is 1. The molecule has 92 valence electrons. The first-order valence-corrected chi connectivity index (χ1v) is 6.18. The number of benzene rings is 1. The highest BCUT2D eigenvalue weighted by Gasteiger charge is 2.06. The van der Waals surface area contributed by atoms with Crippen LogP contribution in [0.1, 0.15) is 49.9 Å². The second kappa shape index (κ2) is 7.66. The zero-order valence-electron chi connectivity index (χ0n) is 10.6. The van der Waals surface area contributed by atoms with Gasteiger partial charge in [-0.05, 0) is 38.0 Å². The van der Waals surface area contributed by atoms with E-state index in [0.29, 0.717) is 11.3 Å². The summed E-state index contributed by atoms with van der Waals surface area (Å²) in [5, 5.41) is 0. The van der Waals surface area contributed by atoms with E-state index in [1.807, 2.05) is 31.2 Å². The minimum absolute atomic E-state index is 0.283. The summed E-state index contributed by atoms with van der Waals surface area (Å²) in [6.45, 7) is 4.00. The van der Waals surface area contributed by atoms with Gasteiger partial charge in [-0.1, -0.05) is 38.0 Å². The molecule has 0 aliphatic carbocycles. The van der Waals surface area contributed by atoms with Crippen LogP contribution < -0.4 is 0 Å². The maximum absolute atomic E-state index is 11.7.